The van der Waals surface area contributed by atoms with Gasteiger partial charge in [-0.1, -0.05) is 43.1 Å². The van der Waals surface area contributed by atoms with Crippen molar-refractivity contribution in [2.45, 2.75) is 55.8 Å². The summed E-state index contributed by atoms with van der Waals surface area (Å²) in [7, 11) is 0. The molecule has 0 amide bonds. The molecule has 2 saturated heterocycles. The van der Waals surface area contributed by atoms with Crippen LogP contribution in [0.15, 0.2) is 25.3 Å². The van der Waals surface area contributed by atoms with E-state index in [0.29, 0.717) is 19.7 Å². The van der Waals surface area contributed by atoms with Gasteiger partial charge in [-0.25, -0.2) is 0 Å². The Bertz CT molecular complexity index is 593. The summed E-state index contributed by atoms with van der Waals surface area (Å²) < 4.78 is 1.37. The molecule has 0 spiro atoms. The molecule has 0 radical (unpaired) electrons. The van der Waals surface area contributed by atoms with Crippen molar-refractivity contribution in [1.82, 2.24) is 0 Å². The van der Waals surface area contributed by atoms with E-state index in [2.05, 4.69) is 83.7 Å². The van der Waals surface area contributed by atoms with Gasteiger partial charge in [-0.15, -0.1) is 47.0 Å². The fraction of sp³-hybridized carbons (Fsp3) is 0.727. The fourth-order valence-electron chi connectivity index (χ4n) is 3.67. The lowest BCUT2D eigenvalue weighted by Crippen LogP contribution is -2.21. The molecule has 10 heteroatoms. The number of carbonyl (C=O) groups is 2. The van der Waals surface area contributed by atoms with Gasteiger partial charge in [-0.3, -0.25) is 9.59 Å². The third-order valence-corrected chi connectivity index (χ3v) is 18.0. The second-order valence-electron chi connectivity index (χ2n) is 7.79. The highest BCUT2D eigenvalue weighted by Crippen LogP contribution is 2.45. The quantitative estimate of drug-likeness (QED) is 0.224. The van der Waals surface area contributed by atoms with Crippen LogP contribution in [0.2, 0.25) is 0 Å². The Hall–Kier alpha value is 1.62. The van der Waals surface area contributed by atoms with Crippen LogP contribution in [0.5, 0.6) is 0 Å². The second-order valence-corrected chi connectivity index (χ2v) is 18.6. The van der Waals surface area contributed by atoms with Crippen molar-refractivity contribution in [3.05, 3.63) is 25.3 Å². The average Bonchev–Trinajstić information content (AvgIpc) is 3.48. The van der Waals surface area contributed by atoms with E-state index in [4.69, 9.17) is 0 Å². The van der Waals surface area contributed by atoms with Gasteiger partial charge in [0.15, 0.2) is 0 Å². The SMILES string of the molecule is C=CC(=O)SCC1CSC(CSC2CCCC(SCC3SCC(CSC(=O)C=C)S3)C2)S1. The molecular weight excluding hydrogens is 553 g/mol. The maximum Gasteiger partial charge on any atom is 0.211 e. The van der Waals surface area contributed by atoms with Crippen LogP contribution in [-0.4, -0.2) is 74.9 Å². The van der Waals surface area contributed by atoms with Gasteiger partial charge < -0.3 is 0 Å². The molecule has 1 saturated carbocycles. The van der Waals surface area contributed by atoms with E-state index in [1.807, 2.05) is 0 Å². The molecule has 2 heterocycles. The van der Waals surface area contributed by atoms with E-state index >= 15 is 0 Å². The molecule has 0 bridgehead atoms. The van der Waals surface area contributed by atoms with Crippen molar-refractivity contribution in [3.8, 4) is 0 Å². The summed E-state index contributed by atoms with van der Waals surface area (Å²) in [5.74, 6) is 6.68. The molecule has 6 atom stereocenters. The van der Waals surface area contributed by atoms with Gasteiger partial charge in [-0.05, 0) is 31.4 Å². The molecule has 0 aromatic rings. The number of hydrogen-bond donors (Lipinski definition) is 0. The fourth-order valence-corrected chi connectivity index (χ4v) is 16.0. The summed E-state index contributed by atoms with van der Waals surface area (Å²) in [6.45, 7) is 7.12. The predicted molar refractivity (Wildman–Crippen MR) is 162 cm³/mol. The van der Waals surface area contributed by atoms with Gasteiger partial charge in [-0.2, -0.15) is 23.5 Å². The van der Waals surface area contributed by atoms with Crippen LogP contribution in [0, 0.1) is 0 Å². The van der Waals surface area contributed by atoms with Crippen molar-refractivity contribution in [3.63, 3.8) is 0 Å². The molecule has 2 nitrogen and oxygen atoms in total. The molecule has 2 aliphatic heterocycles. The van der Waals surface area contributed by atoms with Gasteiger partial charge in [0, 0.05) is 55.5 Å². The highest BCUT2D eigenvalue weighted by atomic mass is 32.2. The standard InChI is InChI=1S/C22H32O2S8/c1-3-19(23)27-9-17-11-29-21(31-17)13-25-15-6-5-7-16(8-15)26-14-22-30-12-18(32-22)10-28-20(24)4-2/h3-4,15-18,21-22H,1-2,5-14H2. The molecule has 3 aliphatic rings. The molecule has 6 unspecified atom stereocenters. The van der Waals surface area contributed by atoms with Crippen molar-refractivity contribution >= 4 is 104 Å². The monoisotopic (exact) mass is 584 g/mol. The molecule has 32 heavy (non-hydrogen) atoms. The highest BCUT2D eigenvalue weighted by Gasteiger charge is 2.31. The van der Waals surface area contributed by atoms with E-state index in [9.17, 15) is 9.59 Å². The minimum Gasteiger partial charge on any atom is -0.282 e. The first-order valence-electron chi connectivity index (χ1n) is 10.9. The second kappa shape index (κ2) is 15.7. The minimum absolute atomic E-state index is 0.103. The molecular formula is C22H32O2S8. The number of rotatable bonds is 12. The highest BCUT2D eigenvalue weighted by molar-refractivity contribution is 8.23. The van der Waals surface area contributed by atoms with Crippen molar-refractivity contribution in [2.24, 2.45) is 0 Å². The van der Waals surface area contributed by atoms with Gasteiger partial charge in [0.05, 0.1) is 9.16 Å². The number of carbonyl (C=O) groups excluding carboxylic acids is 2. The first-order valence-corrected chi connectivity index (χ1v) is 19.0. The van der Waals surface area contributed by atoms with Crippen LogP contribution in [0.25, 0.3) is 0 Å². The molecule has 3 rings (SSSR count). The first-order chi connectivity index (χ1) is 15.6. The molecule has 3 fully saturated rings. The van der Waals surface area contributed by atoms with E-state index in [1.54, 1.807) is 0 Å². The number of thioether (sulfide) groups is 8. The normalized spacial score (nSPS) is 32.6. The largest absolute Gasteiger partial charge is 0.282 e. The van der Waals surface area contributed by atoms with Crippen molar-refractivity contribution in [1.29, 1.82) is 0 Å². The van der Waals surface area contributed by atoms with E-state index in [-0.39, 0.29) is 10.2 Å². The Morgan fingerprint density at radius 3 is 1.69 bits per heavy atom. The Morgan fingerprint density at radius 1 is 0.781 bits per heavy atom. The van der Waals surface area contributed by atoms with Crippen LogP contribution in [0.3, 0.4) is 0 Å². The van der Waals surface area contributed by atoms with E-state index in [0.717, 1.165) is 22.0 Å². The minimum atomic E-state index is 0.103. The van der Waals surface area contributed by atoms with Crippen LogP contribution >= 0.6 is 94.1 Å². The molecule has 0 aromatic heterocycles. The van der Waals surface area contributed by atoms with Gasteiger partial charge in [0.1, 0.15) is 0 Å². The maximum atomic E-state index is 11.4. The lowest BCUT2D eigenvalue weighted by Gasteiger charge is -2.29. The van der Waals surface area contributed by atoms with Crippen LogP contribution in [0.1, 0.15) is 25.7 Å². The van der Waals surface area contributed by atoms with Crippen LogP contribution < -0.4 is 0 Å². The van der Waals surface area contributed by atoms with Gasteiger partial charge in [0.25, 0.3) is 0 Å². The molecule has 180 valence electrons. The lowest BCUT2D eigenvalue weighted by molar-refractivity contribution is -0.107. The Kier molecular flexibility index (Phi) is 13.8. The van der Waals surface area contributed by atoms with Crippen molar-refractivity contribution in [2.75, 3.05) is 34.5 Å². The summed E-state index contributed by atoms with van der Waals surface area (Å²) in [6.07, 6.45) is 8.34. The third-order valence-electron chi connectivity index (χ3n) is 5.29. The molecule has 0 aromatic carbocycles. The topological polar surface area (TPSA) is 34.1 Å². The predicted octanol–water partition coefficient (Wildman–Crippen LogP) is 7.01. The first kappa shape index (κ1) is 28.2. The molecule has 0 N–H and O–H groups in total. The number of hydrogen-bond acceptors (Lipinski definition) is 10. The average molecular weight is 585 g/mol. The maximum absolute atomic E-state index is 11.4. The summed E-state index contributed by atoms with van der Waals surface area (Å²) in [4.78, 5) is 22.9. The van der Waals surface area contributed by atoms with Crippen LogP contribution in [0.4, 0.5) is 0 Å². The van der Waals surface area contributed by atoms with E-state index in [1.165, 1.54) is 84.4 Å². The Morgan fingerprint density at radius 2 is 1.25 bits per heavy atom. The smallest absolute Gasteiger partial charge is 0.211 e. The van der Waals surface area contributed by atoms with Crippen LogP contribution in [-0.2, 0) is 9.59 Å². The Balaban J connectivity index is 1.27. The van der Waals surface area contributed by atoms with E-state index < -0.39 is 0 Å². The zero-order valence-electron chi connectivity index (χ0n) is 18.2. The zero-order valence-corrected chi connectivity index (χ0v) is 24.7. The van der Waals surface area contributed by atoms with Gasteiger partial charge >= 0.3 is 0 Å². The third kappa shape index (κ3) is 10.3. The molecule has 1 aliphatic carbocycles. The summed E-state index contributed by atoms with van der Waals surface area (Å²) >= 11 is 15.6. The summed E-state index contributed by atoms with van der Waals surface area (Å²) in [5.41, 5.74) is 0. The van der Waals surface area contributed by atoms with Crippen molar-refractivity contribution < 1.29 is 9.59 Å². The lowest BCUT2D eigenvalue weighted by atomic mass is 10.00. The summed E-state index contributed by atoms with van der Waals surface area (Å²) in [6, 6.07) is 0. The summed E-state index contributed by atoms with van der Waals surface area (Å²) in [5, 5.41) is 3.05. The van der Waals surface area contributed by atoms with Gasteiger partial charge in [0.2, 0.25) is 10.2 Å². The zero-order chi connectivity index (χ0) is 22.8. The Labute approximate surface area is 227 Å².